The second kappa shape index (κ2) is 6.47. The Bertz CT molecular complexity index is 1210. The first kappa shape index (κ1) is 17.5. The van der Waals surface area contributed by atoms with Gasteiger partial charge >= 0.3 is 6.55 Å². The number of hydrogen-bond donors (Lipinski definition) is 1. The van der Waals surface area contributed by atoms with E-state index in [0.29, 0.717) is 28.0 Å². The number of halogens is 3. The molecular weight excluding hydrogens is 387 g/mol. The lowest BCUT2D eigenvalue weighted by atomic mass is 9.99. The molecule has 5 rings (SSSR count). The summed E-state index contributed by atoms with van der Waals surface area (Å²) in [6.45, 7) is -2.67. The minimum absolute atomic E-state index is 0.223. The summed E-state index contributed by atoms with van der Waals surface area (Å²) in [5.41, 5.74) is 2.16. The predicted octanol–water partition coefficient (Wildman–Crippen LogP) is 2.58. The Kier molecular flexibility index (Phi) is 3.89. The van der Waals surface area contributed by atoms with E-state index in [1.165, 1.54) is 40.1 Å². The third kappa shape index (κ3) is 2.77. The van der Waals surface area contributed by atoms with Crippen LogP contribution in [0.2, 0.25) is 0 Å². The minimum atomic E-state index is -2.94. The van der Waals surface area contributed by atoms with E-state index in [0.717, 1.165) is 11.9 Å². The number of aromatic nitrogens is 6. The molecule has 0 aliphatic carbocycles. The number of carbonyl (C=O) groups excluding carboxylic acids is 1. The first-order valence-electron chi connectivity index (χ1n) is 8.82. The molecular formula is C18H14F3N7O. The second-order valence-corrected chi connectivity index (χ2v) is 6.64. The van der Waals surface area contributed by atoms with Crippen LogP contribution in [-0.2, 0) is 6.42 Å². The molecule has 1 N–H and O–H groups in total. The third-order valence-electron chi connectivity index (χ3n) is 4.98. The zero-order valence-corrected chi connectivity index (χ0v) is 14.8. The van der Waals surface area contributed by atoms with E-state index in [9.17, 15) is 18.0 Å². The molecule has 0 radical (unpaired) electrons. The normalized spacial score (nSPS) is 16.6. The fourth-order valence-electron chi connectivity index (χ4n) is 3.70. The maximum Gasteiger partial charge on any atom is 0.333 e. The van der Waals surface area contributed by atoms with Gasteiger partial charge in [0.2, 0.25) is 0 Å². The van der Waals surface area contributed by atoms with Crippen molar-refractivity contribution in [2.45, 2.75) is 19.0 Å². The van der Waals surface area contributed by atoms with Gasteiger partial charge in [-0.25, -0.2) is 13.9 Å². The molecule has 29 heavy (non-hydrogen) atoms. The number of carbonyl (C=O) groups is 1. The Morgan fingerprint density at radius 3 is 2.97 bits per heavy atom. The van der Waals surface area contributed by atoms with E-state index < -0.39 is 24.3 Å². The molecule has 4 aromatic heterocycles. The number of fused-ring (bicyclic) bond motifs is 2. The van der Waals surface area contributed by atoms with Crippen LogP contribution >= 0.6 is 0 Å². The number of H-pyrrole nitrogens is 1. The van der Waals surface area contributed by atoms with E-state index >= 15 is 0 Å². The average molecular weight is 401 g/mol. The number of aromatic amines is 1. The molecule has 11 heteroatoms. The van der Waals surface area contributed by atoms with Crippen LogP contribution in [0.15, 0.2) is 43.0 Å². The summed E-state index contributed by atoms with van der Waals surface area (Å²) >= 11 is 0. The van der Waals surface area contributed by atoms with Crippen molar-refractivity contribution in [3.05, 3.63) is 71.6 Å². The molecule has 0 unspecified atom stereocenters. The number of nitrogens with one attached hydrogen (secondary N) is 1. The molecule has 0 saturated carbocycles. The molecule has 148 valence electrons. The summed E-state index contributed by atoms with van der Waals surface area (Å²) in [7, 11) is 0. The standard InChI is InChI=1S/C18H14F3N7O/c19-10-2-6-27-11(7-10)8-13(25-27)16-15-12(22-9-23-15)3-5-26(16)17(29)14-1-4-24-28(14)18(20)21/h1-2,4,6-9,16,18H,3,5H2,(H,22,23)/t16-/m0/s1. The van der Waals surface area contributed by atoms with Crippen LogP contribution < -0.4 is 0 Å². The predicted molar refractivity (Wildman–Crippen MR) is 93.8 cm³/mol. The Labute approximate surface area is 161 Å². The highest BCUT2D eigenvalue weighted by Gasteiger charge is 2.37. The van der Waals surface area contributed by atoms with Crippen molar-refractivity contribution in [1.29, 1.82) is 0 Å². The molecule has 5 heterocycles. The Morgan fingerprint density at radius 1 is 1.28 bits per heavy atom. The summed E-state index contributed by atoms with van der Waals surface area (Å²) in [6.07, 6.45) is 4.64. The number of amides is 1. The van der Waals surface area contributed by atoms with Gasteiger partial charge in [-0.05, 0) is 24.3 Å². The van der Waals surface area contributed by atoms with Crippen LogP contribution in [0.3, 0.4) is 0 Å². The van der Waals surface area contributed by atoms with Crippen molar-refractivity contribution < 1.29 is 18.0 Å². The number of nitrogens with zero attached hydrogens (tertiary/aromatic N) is 6. The summed E-state index contributed by atoms with van der Waals surface area (Å²) in [5.74, 6) is -1.02. The largest absolute Gasteiger partial charge is 0.348 e. The second-order valence-electron chi connectivity index (χ2n) is 6.64. The molecule has 1 aliphatic heterocycles. The van der Waals surface area contributed by atoms with Crippen molar-refractivity contribution in [3.63, 3.8) is 0 Å². The van der Waals surface area contributed by atoms with Gasteiger partial charge in [0.15, 0.2) is 0 Å². The Morgan fingerprint density at radius 2 is 2.14 bits per heavy atom. The van der Waals surface area contributed by atoms with Crippen molar-refractivity contribution in [1.82, 2.24) is 34.3 Å². The van der Waals surface area contributed by atoms with Crippen LogP contribution in [0.25, 0.3) is 5.52 Å². The molecule has 8 nitrogen and oxygen atoms in total. The molecule has 0 bridgehead atoms. The Hall–Kier alpha value is -3.63. The lowest BCUT2D eigenvalue weighted by Gasteiger charge is -2.33. The maximum atomic E-state index is 13.6. The van der Waals surface area contributed by atoms with Gasteiger partial charge in [-0.15, -0.1) is 0 Å². The van der Waals surface area contributed by atoms with E-state index in [2.05, 4.69) is 20.2 Å². The first-order chi connectivity index (χ1) is 14.0. The van der Waals surface area contributed by atoms with E-state index in [4.69, 9.17) is 0 Å². The topological polar surface area (TPSA) is 84.1 Å². The van der Waals surface area contributed by atoms with Gasteiger partial charge in [-0.2, -0.15) is 23.7 Å². The van der Waals surface area contributed by atoms with Crippen LogP contribution in [0, 0.1) is 5.82 Å². The number of alkyl halides is 2. The highest BCUT2D eigenvalue weighted by Crippen LogP contribution is 2.34. The Balaban J connectivity index is 1.62. The van der Waals surface area contributed by atoms with E-state index in [-0.39, 0.29) is 12.2 Å². The number of rotatable bonds is 3. The van der Waals surface area contributed by atoms with E-state index in [1.807, 2.05) is 0 Å². The van der Waals surface area contributed by atoms with Crippen LogP contribution in [-0.4, -0.2) is 46.7 Å². The van der Waals surface area contributed by atoms with Crippen molar-refractivity contribution in [3.8, 4) is 0 Å². The lowest BCUT2D eigenvalue weighted by molar-refractivity contribution is 0.0441. The molecule has 1 atom stereocenters. The molecule has 1 amide bonds. The van der Waals surface area contributed by atoms with Gasteiger partial charge in [-0.3, -0.25) is 4.79 Å². The SMILES string of the molecule is O=C(c1ccnn1C(F)F)N1CCc2[nH]cnc2[C@@H]1c1cc2cc(F)ccn2n1. The van der Waals surface area contributed by atoms with Crippen molar-refractivity contribution >= 4 is 11.4 Å². The van der Waals surface area contributed by atoms with E-state index in [1.54, 1.807) is 6.07 Å². The van der Waals surface area contributed by atoms with Gasteiger partial charge in [0.25, 0.3) is 5.91 Å². The quantitative estimate of drug-likeness (QED) is 0.572. The van der Waals surface area contributed by atoms with Crippen LogP contribution in [0.1, 0.15) is 40.2 Å². The third-order valence-corrected chi connectivity index (χ3v) is 4.98. The van der Waals surface area contributed by atoms with Crippen molar-refractivity contribution in [2.75, 3.05) is 6.54 Å². The number of pyridine rings is 1. The van der Waals surface area contributed by atoms with Gasteiger partial charge in [0.05, 0.1) is 23.2 Å². The smallest absolute Gasteiger partial charge is 0.333 e. The van der Waals surface area contributed by atoms with Crippen molar-refractivity contribution in [2.24, 2.45) is 0 Å². The lowest BCUT2D eigenvalue weighted by Crippen LogP contribution is -2.41. The first-order valence-corrected chi connectivity index (χ1v) is 8.82. The molecule has 0 saturated heterocycles. The van der Waals surface area contributed by atoms with Gasteiger partial charge in [0, 0.05) is 31.1 Å². The maximum absolute atomic E-state index is 13.6. The molecule has 0 fully saturated rings. The summed E-state index contributed by atoms with van der Waals surface area (Å²) in [4.78, 5) is 22.0. The zero-order valence-electron chi connectivity index (χ0n) is 14.8. The molecule has 1 aliphatic rings. The highest BCUT2D eigenvalue weighted by atomic mass is 19.3. The fraction of sp³-hybridized carbons (Fsp3) is 0.222. The average Bonchev–Trinajstić information content (AvgIpc) is 3.43. The zero-order chi connectivity index (χ0) is 20.1. The molecule has 0 aromatic carbocycles. The minimum Gasteiger partial charge on any atom is -0.348 e. The van der Waals surface area contributed by atoms with Crippen LogP contribution in [0.4, 0.5) is 13.2 Å². The summed E-state index contributed by atoms with van der Waals surface area (Å²) in [6, 6.07) is 4.80. The summed E-state index contributed by atoms with van der Waals surface area (Å²) < 4.78 is 41.9. The number of hydrogen-bond acceptors (Lipinski definition) is 4. The number of imidazole rings is 1. The highest BCUT2D eigenvalue weighted by molar-refractivity contribution is 5.93. The van der Waals surface area contributed by atoms with Gasteiger partial charge in [0.1, 0.15) is 17.6 Å². The van der Waals surface area contributed by atoms with Crippen LogP contribution in [0.5, 0.6) is 0 Å². The van der Waals surface area contributed by atoms with Gasteiger partial charge < -0.3 is 9.88 Å². The fourth-order valence-corrected chi connectivity index (χ4v) is 3.70. The van der Waals surface area contributed by atoms with Gasteiger partial charge in [-0.1, -0.05) is 0 Å². The summed E-state index contributed by atoms with van der Waals surface area (Å²) in [5, 5.41) is 8.00. The monoisotopic (exact) mass is 401 g/mol. The molecule has 4 aromatic rings. The molecule has 0 spiro atoms.